The van der Waals surface area contributed by atoms with E-state index < -0.39 is 0 Å². The predicted molar refractivity (Wildman–Crippen MR) is 87.4 cm³/mol. The Morgan fingerprint density at radius 1 is 1.38 bits per heavy atom. The number of nitrogens with zero attached hydrogens (tertiary/aromatic N) is 1. The molecule has 5 heteroatoms. The average Bonchev–Trinajstić information content (AvgIpc) is 2.40. The first kappa shape index (κ1) is 17.3. The van der Waals surface area contributed by atoms with Gasteiger partial charge >= 0.3 is 0 Å². The molecular formula is C16H27N3O2. The molecule has 1 aliphatic heterocycles. The maximum atomic E-state index is 9.60. The van der Waals surface area contributed by atoms with Crippen LogP contribution >= 0.6 is 0 Å². The van der Waals surface area contributed by atoms with Crippen molar-refractivity contribution in [3.05, 3.63) is 24.3 Å². The SMILES string of the molecule is CC(C)(C)OC=O.CC1CNCCN1c1ccccc1N. The summed E-state index contributed by atoms with van der Waals surface area (Å²) in [6, 6.07) is 8.60. The molecule has 1 aliphatic rings. The number of carbonyl (C=O) groups is 1. The highest BCUT2D eigenvalue weighted by Gasteiger charge is 2.19. The first-order chi connectivity index (χ1) is 9.85. The largest absolute Gasteiger partial charge is 0.462 e. The number of benzene rings is 1. The van der Waals surface area contributed by atoms with Crippen LogP contribution in [0, 0.1) is 0 Å². The van der Waals surface area contributed by atoms with E-state index in [0.29, 0.717) is 12.5 Å². The van der Waals surface area contributed by atoms with E-state index in [-0.39, 0.29) is 5.60 Å². The summed E-state index contributed by atoms with van der Waals surface area (Å²) in [6.45, 7) is 11.3. The highest BCUT2D eigenvalue weighted by molar-refractivity contribution is 5.67. The van der Waals surface area contributed by atoms with Gasteiger partial charge in [-0.3, -0.25) is 4.79 Å². The number of para-hydroxylation sites is 2. The van der Waals surface area contributed by atoms with Crippen molar-refractivity contribution in [1.82, 2.24) is 5.32 Å². The topological polar surface area (TPSA) is 67.6 Å². The molecule has 0 aromatic heterocycles. The highest BCUT2D eigenvalue weighted by atomic mass is 16.5. The van der Waals surface area contributed by atoms with Crippen LogP contribution in [0.3, 0.4) is 0 Å². The minimum atomic E-state index is -0.318. The van der Waals surface area contributed by atoms with E-state index in [1.54, 1.807) is 0 Å². The van der Waals surface area contributed by atoms with E-state index >= 15 is 0 Å². The van der Waals surface area contributed by atoms with E-state index in [1.807, 2.05) is 39.0 Å². The monoisotopic (exact) mass is 293 g/mol. The Kier molecular flexibility index (Phi) is 6.49. The molecule has 3 N–H and O–H groups in total. The normalized spacial score (nSPS) is 18.5. The molecule has 1 atom stereocenters. The van der Waals surface area contributed by atoms with Crippen molar-refractivity contribution in [1.29, 1.82) is 0 Å². The van der Waals surface area contributed by atoms with Crippen molar-refractivity contribution in [3.63, 3.8) is 0 Å². The standard InChI is InChI=1S/C11H17N3.C5H10O2/c1-9-8-13-6-7-14(9)11-5-3-2-4-10(11)12;1-5(2,3)7-4-6/h2-5,9,13H,6-8,12H2,1H3;4H,1-3H3. The maximum Gasteiger partial charge on any atom is 0.293 e. The fourth-order valence-corrected chi connectivity index (χ4v) is 2.09. The molecule has 0 spiro atoms. The number of hydrogen-bond acceptors (Lipinski definition) is 5. The summed E-state index contributed by atoms with van der Waals surface area (Å²) in [5.41, 5.74) is 7.68. The lowest BCUT2D eigenvalue weighted by molar-refractivity contribution is -0.138. The third-order valence-corrected chi connectivity index (χ3v) is 3.15. The Bertz CT molecular complexity index is 443. The summed E-state index contributed by atoms with van der Waals surface area (Å²) in [5, 5.41) is 3.37. The molecular weight excluding hydrogens is 266 g/mol. The zero-order valence-electron chi connectivity index (χ0n) is 13.4. The number of ether oxygens (including phenoxy) is 1. The van der Waals surface area contributed by atoms with Crippen LogP contribution in [-0.4, -0.2) is 37.7 Å². The van der Waals surface area contributed by atoms with E-state index in [2.05, 4.69) is 27.9 Å². The molecule has 0 saturated carbocycles. The number of rotatable bonds is 2. The third-order valence-electron chi connectivity index (χ3n) is 3.15. The van der Waals surface area contributed by atoms with Crippen molar-refractivity contribution in [2.45, 2.75) is 39.3 Å². The van der Waals surface area contributed by atoms with Crippen LogP contribution in [-0.2, 0) is 9.53 Å². The summed E-state index contributed by atoms with van der Waals surface area (Å²) in [7, 11) is 0. The van der Waals surface area contributed by atoms with Crippen molar-refractivity contribution < 1.29 is 9.53 Å². The molecule has 1 unspecified atom stereocenters. The van der Waals surface area contributed by atoms with Crippen LogP contribution in [0.1, 0.15) is 27.7 Å². The Morgan fingerprint density at radius 2 is 2.05 bits per heavy atom. The Labute approximate surface area is 127 Å². The third kappa shape index (κ3) is 6.04. The van der Waals surface area contributed by atoms with E-state index in [1.165, 1.54) is 5.69 Å². The van der Waals surface area contributed by atoms with Crippen LogP contribution in [0.5, 0.6) is 0 Å². The van der Waals surface area contributed by atoms with Gasteiger partial charge in [0.25, 0.3) is 6.47 Å². The lowest BCUT2D eigenvalue weighted by Gasteiger charge is -2.36. The second-order valence-electron chi connectivity index (χ2n) is 6.13. The van der Waals surface area contributed by atoms with Gasteiger partial charge in [0.2, 0.25) is 0 Å². The fourth-order valence-electron chi connectivity index (χ4n) is 2.09. The zero-order valence-corrected chi connectivity index (χ0v) is 13.4. The second kappa shape index (κ2) is 7.88. The van der Waals surface area contributed by atoms with Gasteiger partial charge in [0.1, 0.15) is 5.60 Å². The van der Waals surface area contributed by atoms with Gasteiger partial charge in [0, 0.05) is 25.7 Å². The van der Waals surface area contributed by atoms with Crippen LogP contribution in [0.2, 0.25) is 0 Å². The van der Waals surface area contributed by atoms with Crippen LogP contribution in [0.4, 0.5) is 11.4 Å². The summed E-state index contributed by atoms with van der Waals surface area (Å²) in [5.74, 6) is 0. The molecule has 0 amide bonds. The van der Waals surface area contributed by atoms with Gasteiger partial charge in [-0.1, -0.05) is 12.1 Å². The smallest absolute Gasteiger partial charge is 0.293 e. The molecule has 118 valence electrons. The fraction of sp³-hybridized carbons (Fsp3) is 0.562. The maximum absolute atomic E-state index is 9.60. The quantitative estimate of drug-likeness (QED) is 0.645. The van der Waals surface area contributed by atoms with Gasteiger partial charge in [-0.05, 0) is 39.8 Å². The second-order valence-corrected chi connectivity index (χ2v) is 6.13. The molecule has 21 heavy (non-hydrogen) atoms. The molecule has 1 aromatic rings. The molecule has 1 heterocycles. The number of anilines is 2. The van der Waals surface area contributed by atoms with Crippen LogP contribution in [0.25, 0.3) is 0 Å². The number of hydrogen-bond donors (Lipinski definition) is 2. The van der Waals surface area contributed by atoms with E-state index in [0.717, 1.165) is 25.3 Å². The molecule has 0 radical (unpaired) electrons. The van der Waals surface area contributed by atoms with Crippen LogP contribution < -0.4 is 16.0 Å². The van der Waals surface area contributed by atoms with Crippen molar-refractivity contribution >= 4 is 17.8 Å². The molecule has 5 nitrogen and oxygen atoms in total. The summed E-state index contributed by atoms with van der Waals surface area (Å²) >= 11 is 0. The molecule has 1 aromatic carbocycles. The van der Waals surface area contributed by atoms with Gasteiger partial charge in [0.15, 0.2) is 0 Å². The molecule has 0 aliphatic carbocycles. The minimum Gasteiger partial charge on any atom is -0.462 e. The summed E-state index contributed by atoms with van der Waals surface area (Å²) in [4.78, 5) is 12.0. The van der Waals surface area contributed by atoms with Crippen molar-refractivity contribution in [3.8, 4) is 0 Å². The van der Waals surface area contributed by atoms with E-state index in [9.17, 15) is 4.79 Å². The highest BCUT2D eigenvalue weighted by Crippen LogP contribution is 2.24. The lowest BCUT2D eigenvalue weighted by Crippen LogP contribution is -2.50. The van der Waals surface area contributed by atoms with Gasteiger partial charge in [-0.2, -0.15) is 0 Å². The number of carbonyl (C=O) groups excluding carboxylic acids is 1. The number of nitrogens with one attached hydrogen (secondary N) is 1. The van der Waals surface area contributed by atoms with Gasteiger partial charge in [-0.15, -0.1) is 0 Å². The van der Waals surface area contributed by atoms with Gasteiger partial charge in [-0.25, -0.2) is 0 Å². The Morgan fingerprint density at radius 3 is 2.52 bits per heavy atom. The summed E-state index contributed by atoms with van der Waals surface area (Å²) < 4.78 is 4.55. The van der Waals surface area contributed by atoms with Gasteiger partial charge in [0.05, 0.1) is 11.4 Å². The number of piperazine rings is 1. The van der Waals surface area contributed by atoms with Crippen molar-refractivity contribution in [2.75, 3.05) is 30.3 Å². The van der Waals surface area contributed by atoms with E-state index in [4.69, 9.17) is 5.73 Å². The first-order valence-corrected chi connectivity index (χ1v) is 7.28. The first-order valence-electron chi connectivity index (χ1n) is 7.28. The predicted octanol–water partition coefficient (Wildman–Crippen LogP) is 2.02. The van der Waals surface area contributed by atoms with Crippen molar-refractivity contribution in [2.24, 2.45) is 0 Å². The number of nitrogen functional groups attached to an aromatic ring is 1. The number of nitrogens with two attached hydrogens (primary N) is 1. The molecule has 2 rings (SSSR count). The average molecular weight is 293 g/mol. The Hall–Kier alpha value is -1.75. The van der Waals surface area contributed by atoms with Crippen LogP contribution in [0.15, 0.2) is 24.3 Å². The van der Waals surface area contributed by atoms with Gasteiger partial charge < -0.3 is 20.7 Å². The molecule has 1 saturated heterocycles. The summed E-state index contributed by atoms with van der Waals surface area (Å²) in [6.07, 6.45) is 0. The minimum absolute atomic E-state index is 0.318. The lowest BCUT2D eigenvalue weighted by atomic mass is 10.1. The molecule has 0 bridgehead atoms. The molecule has 1 fully saturated rings. The Balaban J connectivity index is 0.000000270. The zero-order chi connectivity index (χ0) is 15.9.